The predicted octanol–water partition coefficient (Wildman–Crippen LogP) is 2.55. The van der Waals surface area contributed by atoms with Crippen LogP contribution in [0.5, 0.6) is 0 Å². The van der Waals surface area contributed by atoms with Gasteiger partial charge in [-0.05, 0) is 45.9 Å². The van der Waals surface area contributed by atoms with Gasteiger partial charge < -0.3 is 19.9 Å². The number of nitrogen functional groups attached to an aromatic ring is 1. The number of nitrogens with one attached hydrogen (secondary N) is 1. The minimum absolute atomic E-state index is 0.0185. The lowest BCUT2D eigenvalue weighted by Gasteiger charge is -2.36. The van der Waals surface area contributed by atoms with E-state index in [4.69, 9.17) is 19.9 Å². The number of hydrogen-bond donors (Lipinski definition) is 2. The van der Waals surface area contributed by atoms with Gasteiger partial charge in [0, 0.05) is 11.3 Å². The Labute approximate surface area is 151 Å². The molecule has 26 heavy (non-hydrogen) atoms. The van der Waals surface area contributed by atoms with Crippen LogP contribution in [0.25, 0.3) is 0 Å². The molecule has 3 unspecified atom stereocenters. The molecule has 3 rings (SSSR count). The zero-order valence-corrected chi connectivity index (χ0v) is 15.3. The maximum Gasteiger partial charge on any atom is 0.415 e. The lowest BCUT2D eigenvalue weighted by Crippen LogP contribution is -2.48. The van der Waals surface area contributed by atoms with Crippen molar-refractivity contribution >= 4 is 17.8 Å². The molecule has 2 aliphatic heterocycles. The number of fused-ring (bicyclic) bond motifs is 1. The first kappa shape index (κ1) is 18.4. The summed E-state index contributed by atoms with van der Waals surface area (Å²) < 4.78 is 31.1. The number of rotatable bonds is 1. The van der Waals surface area contributed by atoms with Crippen molar-refractivity contribution < 1.29 is 23.4 Å². The predicted molar refractivity (Wildman–Crippen MR) is 94.2 cm³/mol. The van der Waals surface area contributed by atoms with Crippen LogP contribution < -0.4 is 11.1 Å². The molecule has 2 heterocycles. The van der Waals surface area contributed by atoms with Crippen LogP contribution >= 0.6 is 0 Å². The third-order valence-electron chi connectivity index (χ3n) is 4.51. The number of amides is 1. The highest BCUT2D eigenvalue weighted by Gasteiger charge is 2.54. The Kier molecular flexibility index (Phi) is 4.56. The van der Waals surface area contributed by atoms with Gasteiger partial charge >= 0.3 is 6.09 Å². The number of benzene rings is 1. The van der Waals surface area contributed by atoms with E-state index in [1.165, 1.54) is 12.1 Å². The summed E-state index contributed by atoms with van der Waals surface area (Å²) in [6.45, 7) is 7.54. The topological polar surface area (TPSA) is 95.2 Å². The van der Waals surface area contributed by atoms with Crippen LogP contribution in [-0.4, -0.2) is 37.0 Å². The molecule has 3 N–H and O–H groups in total. The second-order valence-electron chi connectivity index (χ2n) is 7.64. The minimum atomic E-state index is -1.01. The molecule has 1 aromatic rings. The van der Waals surface area contributed by atoms with Gasteiger partial charge in [-0.15, -0.1) is 0 Å². The first-order valence-corrected chi connectivity index (χ1v) is 8.50. The Morgan fingerprint density at radius 3 is 2.88 bits per heavy atom. The van der Waals surface area contributed by atoms with Crippen LogP contribution in [0.1, 0.15) is 33.3 Å². The zero-order chi connectivity index (χ0) is 19.1. The third kappa shape index (κ3) is 3.46. The molecule has 1 aromatic carbocycles. The highest BCUT2D eigenvalue weighted by molar-refractivity contribution is 5.91. The van der Waals surface area contributed by atoms with Gasteiger partial charge in [0.15, 0.2) is 0 Å². The summed E-state index contributed by atoms with van der Waals surface area (Å²) in [4.78, 5) is 16.6. The number of nitrogens with two attached hydrogens (primary N) is 1. The van der Waals surface area contributed by atoms with Gasteiger partial charge in [0.1, 0.15) is 17.0 Å². The van der Waals surface area contributed by atoms with Crippen molar-refractivity contribution in [1.29, 1.82) is 0 Å². The summed E-state index contributed by atoms with van der Waals surface area (Å²) in [5, 5.41) is 2.49. The van der Waals surface area contributed by atoms with Crippen molar-refractivity contribution in [1.82, 2.24) is 5.32 Å². The molecular formula is C18H24FN3O4. The van der Waals surface area contributed by atoms with E-state index in [1.807, 2.05) is 6.92 Å². The molecule has 0 aromatic heterocycles. The van der Waals surface area contributed by atoms with Crippen molar-refractivity contribution in [3.8, 4) is 0 Å². The molecule has 1 fully saturated rings. The molecule has 0 bridgehead atoms. The SMILES string of the molecule is CC1OCC2(c3cc(N)ccc3F)N=C(NC(=O)OC(C)(C)C)OCC12. The normalized spacial score (nSPS) is 28.0. The number of carbonyl (C=O) groups excluding carboxylic acids is 1. The Morgan fingerprint density at radius 1 is 1.46 bits per heavy atom. The highest BCUT2D eigenvalue weighted by atomic mass is 19.1. The Bertz CT molecular complexity index is 746. The minimum Gasteiger partial charge on any atom is -0.464 e. The molecule has 0 spiro atoms. The molecule has 1 saturated heterocycles. The van der Waals surface area contributed by atoms with Crippen LogP contribution in [0.3, 0.4) is 0 Å². The lowest BCUT2D eigenvalue weighted by atomic mass is 9.78. The quantitative estimate of drug-likeness (QED) is 0.746. The van der Waals surface area contributed by atoms with Crippen LogP contribution in [0.4, 0.5) is 14.9 Å². The number of hydrogen-bond acceptors (Lipinski definition) is 6. The molecule has 0 aliphatic carbocycles. The fourth-order valence-electron chi connectivity index (χ4n) is 3.31. The average Bonchev–Trinajstić information content (AvgIpc) is 2.85. The van der Waals surface area contributed by atoms with Gasteiger partial charge in [0.2, 0.25) is 0 Å². The lowest BCUT2D eigenvalue weighted by molar-refractivity contribution is 0.0525. The number of aliphatic imine (C=N–C) groups is 1. The van der Waals surface area contributed by atoms with E-state index in [2.05, 4.69) is 10.3 Å². The van der Waals surface area contributed by atoms with E-state index >= 15 is 0 Å². The van der Waals surface area contributed by atoms with Crippen LogP contribution in [0.2, 0.25) is 0 Å². The number of alkyl carbamates (subject to hydrolysis) is 1. The molecule has 1 amide bonds. The van der Waals surface area contributed by atoms with Gasteiger partial charge in [-0.25, -0.2) is 19.5 Å². The highest BCUT2D eigenvalue weighted by Crippen LogP contribution is 2.46. The summed E-state index contributed by atoms with van der Waals surface area (Å²) in [5.74, 6) is -0.632. The van der Waals surface area contributed by atoms with E-state index in [9.17, 15) is 9.18 Å². The monoisotopic (exact) mass is 365 g/mol. The molecule has 8 heteroatoms. The summed E-state index contributed by atoms with van der Waals surface area (Å²) in [7, 11) is 0. The summed E-state index contributed by atoms with van der Waals surface area (Å²) in [5.41, 5.74) is 4.94. The number of halogens is 1. The van der Waals surface area contributed by atoms with Gasteiger partial charge in [-0.3, -0.25) is 0 Å². The number of amidine groups is 1. The molecule has 2 aliphatic rings. The molecule has 3 atom stereocenters. The van der Waals surface area contributed by atoms with Crippen molar-refractivity contribution in [3.63, 3.8) is 0 Å². The Balaban J connectivity index is 1.96. The number of ether oxygens (including phenoxy) is 3. The average molecular weight is 365 g/mol. The van der Waals surface area contributed by atoms with Crippen LogP contribution in [0, 0.1) is 11.7 Å². The number of carbonyl (C=O) groups is 1. The third-order valence-corrected chi connectivity index (χ3v) is 4.51. The van der Waals surface area contributed by atoms with Crippen LogP contribution in [-0.2, 0) is 19.7 Å². The van der Waals surface area contributed by atoms with E-state index in [1.54, 1.807) is 26.8 Å². The summed E-state index contributed by atoms with van der Waals surface area (Å²) >= 11 is 0. The van der Waals surface area contributed by atoms with E-state index in [0.717, 1.165) is 0 Å². The number of nitrogens with zero attached hydrogens (tertiary/aromatic N) is 1. The van der Waals surface area contributed by atoms with Gasteiger partial charge in [0.05, 0.1) is 25.2 Å². The smallest absolute Gasteiger partial charge is 0.415 e. The Morgan fingerprint density at radius 2 is 2.19 bits per heavy atom. The van der Waals surface area contributed by atoms with Crippen molar-refractivity contribution in [2.24, 2.45) is 10.9 Å². The van der Waals surface area contributed by atoms with Gasteiger partial charge in [-0.2, -0.15) is 0 Å². The van der Waals surface area contributed by atoms with Gasteiger partial charge in [-0.1, -0.05) is 0 Å². The summed E-state index contributed by atoms with van der Waals surface area (Å²) in [6, 6.07) is 4.34. The van der Waals surface area contributed by atoms with E-state index in [-0.39, 0.29) is 31.3 Å². The zero-order valence-electron chi connectivity index (χ0n) is 15.3. The summed E-state index contributed by atoms with van der Waals surface area (Å²) in [6.07, 6.45) is -0.868. The van der Waals surface area contributed by atoms with E-state index in [0.29, 0.717) is 11.3 Å². The Hall–Kier alpha value is -2.35. The second kappa shape index (κ2) is 6.42. The molecule has 0 saturated carbocycles. The maximum atomic E-state index is 14.6. The van der Waals surface area contributed by atoms with Crippen LogP contribution in [0.15, 0.2) is 23.2 Å². The molecule has 142 valence electrons. The van der Waals surface area contributed by atoms with E-state index < -0.39 is 23.1 Å². The van der Waals surface area contributed by atoms with Gasteiger partial charge in [0.25, 0.3) is 6.02 Å². The largest absolute Gasteiger partial charge is 0.464 e. The maximum absolute atomic E-state index is 14.6. The van der Waals surface area contributed by atoms with Crippen molar-refractivity contribution in [3.05, 3.63) is 29.6 Å². The number of anilines is 1. The second-order valence-corrected chi connectivity index (χ2v) is 7.64. The fraction of sp³-hybridized carbons (Fsp3) is 0.556. The van der Waals surface area contributed by atoms with Crippen molar-refractivity contribution in [2.75, 3.05) is 18.9 Å². The van der Waals surface area contributed by atoms with Crippen molar-refractivity contribution in [2.45, 2.75) is 44.9 Å². The molecule has 0 radical (unpaired) electrons. The first-order valence-electron chi connectivity index (χ1n) is 8.50. The standard InChI is InChI=1S/C18H24FN3O4/c1-10-13-8-24-15(21-16(23)26-17(2,3)4)22-18(13,9-25-10)12-7-11(20)5-6-14(12)19/h5-7,10,13H,8-9,20H2,1-4H3,(H,21,22,23). The molecule has 7 nitrogen and oxygen atoms in total. The first-order chi connectivity index (χ1) is 12.1. The fourth-order valence-corrected chi connectivity index (χ4v) is 3.31. The molecular weight excluding hydrogens is 341 g/mol.